The van der Waals surface area contributed by atoms with Crippen LogP contribution in [0.4, 0.5) is 18.9 Å². The third-order valence-electron chi connectivity index (χ3n) is 6.23. The summed E-state index contributed by atoms with van der Waals surface area (Å²) in [6, 6.07) is 13.6. The molecular weight excluding hydrogens is 464 g/mol. The van der Waals surface area contributed by atoms with Crippen molar-refractivity contribution in [1.29, 1.82) is 0 Å². The molecule has 0 spiro atoms. The topological polar surface area (TPSA) is 44.7 Å². The molecule has 2 aliphatic rings. The van der Waals surface area contributed by atoms with E-state index in [0.29, 0.717) is 24.2 Å². The minimum Gasteiger partial charge on any atom is -0.395 e. The molecule has 2 heterocycles. The summed E-state index contributed by atoms with van der Waals surface area (Å²) in [5.74, 6) is -0.0290. The molecule has 4 nitrogen and oxygen atoms in total. The Bertz CT molecular complexity index is 914. The van der Waals surface area contributed by atoms with Gasteiger partial charge in [0.25, 0.3) is 0 Å². The van der Waals surface area contributed by atoms with E-state index in [1.807, 2.05) is 30.3 Å². The summed E-state index contributed by atoms with van der Waals surface area (Å²) in [4.78, 5) is 0.884. The Kier molecular flexibility index (Phi) is 7.22. The number of halogens is 5. The van der Waals surface area contributed by atoms with Gasteiger partial charge in [-0.1, -0.05) is 53.5 Å². The summed E-state index contributed by atoms with van der Waals surface area (Å²) in [6.07, 6.45) is -3.72. The van der Waals surface area contributed by atoms with Crippen molar-refractivity contribution >= 4 is 28.9 Å². The van der Waals surface area contributed by atoms with Gasteiger partial charge in [0.2, 0.25) is 0 Å². The molecule has 2 aliphatic heterocycles. The zero-order valence-corrected chi connectivity index (χ0v) is 18.7. The van der Waals surface area contributed by atoms with Crippen molar-refractivity contribution in [2.45, 2.75) is 42.2 Å². The van der Waals surface area contributed by atoms with Crippen molar-refractivity contribution in [2.24, 2.45) is 5.92 Å². The molecule has 0 bridgehead atoms. The van der Waals surface area contributed by atoms with Crippen LogP contribution in [0.25, 0.3) is 0 Å². The van der Waals surface area contributed by atoms with Gasteiger partial charge in [-0.05, 0) is 36.6 Å². The highest BCUT2D eigenvalue weighted by molar-refractivity contribution is 6.43. The highest BCUT2D eigenvalue weighted by atomic mass is 35.5. The number of alkyl halides is 5. The van der Waals surface area contributed by atoms with Gasteiger partial charge < -0.3 is 15.2 Å². The Balaban J connectivity index is 1.67. The smallest absolute Gasteiger partial charge is 0.395 e. The number of aliphatic hydroxyl groups is 1. The lowest BCUT2D eigenvalue weighted by Crippen LogP contribution is -2.44. The lowest BCUT2D eigenvalue weighted by atomic mass is 9.76. The molecule has 2 aromatic rings. The highest BCUT2D eigenvalue weighted by Crippen LogP contribution is 2.51. The molecular formula is C23H25Cl2F3N2O2. The standard InChI is InChI=1S/C23H25Cl2F3N2O2/c24-22(25)30(10-11-31)13-16-7-8-17-20(14-4-2-1-3-5-14)29-19-9-6-15(23(26,27)28)12-18(19)21(17)32-16/h1-6,9,12,16-17,20-22,29,31H,7-8,10-11,13H2/t16-,17+,20+,21+/m1/s1. The van der Waals surface area contributed by atoms with E-state index in [2.05, 4.69) is 5.32 Å². The molecule has 0 aliphatic carbocycles. The largest absolute Gasteiger partial charge is 0.416 e. The molecule has 9 heteroatoms. The number of rotatable bonds is 6. The van der Waals surface area contributed by atoms with E-state index in [4.69, 9.17) is 27.9 Å². The molecule has 0 aromatic heterocycles. The Labute approximate surface area is 195 Å². The Morgan fingerprint density at radius 3 is 2.53 bits per heavy atom. The summed E-state index contributed by atoms with van der Waals surface area (Å²) >= 11 is 12.0. The zero-order chi connectivity index (χ0) is 22.9. The maximum absolute atomic E-state index is 13.4. The Morgan fingerprint density at radius 1 is 1.12 bits per heavy atom. The molecule has 1 saturated heterocycles. The van der Waals surface area contributed by atoms with E-state index in [1.54, 1.807) is 4.90 Å². The van der Waals surface area contributed by atoms with Crippen molar-refractivity contribution in [3.8, 4) is 0 Å². The fourth-order valence-electron chi connectivity index (χ4n) is 4.72. The number of hydrogen-bond donors (Lipinski definition) is 2. The first kappa shape index (κ1) is 23.6. The van der Waals surface area contributed by atoms with Crippen LogP contribution >= 0.6 is 23.2 Å². The lowest BCUT2D eigenvalue weighted by molar-refractivity contribution is -0.138. The monoisotopic (exact) mass is 488 g/mol. The molecule has 0 radical (unpaired) electrons. The normalized spacial score (nSPS) is 25.4. The summed E-state index contributed by atoms with van der Waals surface area (Å²) in [5, 5.41) is 12.7. The SMILES string of the molecule is OCCN(C[C@H]1CC[C@@H]2[C@H](O1)c1cc(C(F)(F)F)ccc1N[C@H]2c1ccccc1)C(Cl)Cl. The maximum Gasteiger partial charge on any atom is 0.416 e. The number of fused-ring (bicyclic) bond motifs is 3. The Morgan fingerprint density at radius 2 is 1.88 bits per heavy atom. The van der Waals surface area contributed by atoms with E-state index in [0.717, 1.165) is 18.1 Å². The molecule has 4 rings (SSSR count). The van der Waals surface area contributed by atoms with E-state index in [9.17, 15) is 18.3 Å². The zero-order valence-electron chi connectivity index (χ0n) is 17.2. The van der Waals surface area contributed by atoms with E-state index >= 15 is 0 Å². The van der Waals surface area contributed by atoms with Gasteiger partial charge >= 0.3 is 6.18 Å². The van der Waals surface area contributed by atoms with Crippen molar-refractivity contribution in [3.05, 3.63) is 65.2 Å². The van der Waals surface area contributed by atoms with Gasteiger partial charge in [-0.15, -0.1) is 0 Å². The average Bonchev–Trinajstić information content (AvgIpc) is 2.77. The van der Waals surface area contributed by atoms with Crippen molar-refractivity contribution in [1.82, 2.24) is 4.90 Å². The second-order valence-corrected chi connectivity index (χ2v) is 9.30. The summed E-state index contributed by atoms with van der Waals surface area (Å²) < 4.78 is 46.7. The van der Waals surface area contributed by atoms with Gasteiger partial charge in [-0.3, -0.25) is 4.90 Å². The van der Waals surface area contributed by atoms with Crippen LogP contribution in [0.15, 0.2) is 48.5 Å². The number of anilines is 1. The van der Waals surface area contributed by atoms with Gasteiger partial charge in [0, 0.05) is 30.3 Å². The van der Waals surface area contributed by atoms with Gasteiger partial charge in [-0.2, -0.15) is 13.2 Å². The van der Waals surface area contributed by atoms with Crippen molar-refractivity contribution in [2.75, 3.05) is 25.0 Å². The molecule has 0 amide bonds. The maximum atomic E-state index is 13.4. The molecule has 0 unspecified atom stereocenters. The lowest BCUT2D eigenvalue weighted by Gasteiger charge is -2.46. The molecule has 2 N–H and O–H groups in total. The number of aliphatic hydroxyl groups excluding tert-OH is 1. The van der Waals surface area contributed by atoms with E-state index in [-0.39, 0.29) is 31.2 Å². The van der Waals surface area contributed by atoms with Crippen LogP contribution < -0.4 is 5.32 Å². The van der Waals surface area contributed by atoms with Gasteiger partial charge in [0.05, 0.1) is 30.4 Å². The van der Waals surface area contributed by atoms with E-state index < -0.39 is 22.8 Å². The number of hydrogen-bond acceptors (Lipinski definition) is 4. The molecule has 1 fully saturated rings. The van der Waals surface area contributed by atoms with Crippen LogP contribution in [-0.4, -0.2) is 40.8 Å². The summed E-state index contributed by atoms with van der Waals surface area (Å²) in [7, 11) is 0. The van der Waals surface area contributed by atoms with Crippen LogP contribution in [0.2, 0.25) is 0 Å². The second kappa shape index (κ2) is 9.77. The van der Waals surface area contributed by atoms with Crippen LogP contribution in [0.1, 0.15) is 41.7 Å². The van der Waals surface area contributed by atoms with Crippen molar-refractivity contribution < 1.29 is 23.0 Å². The fourth-order valence-corrected chi connectivity index (χ4v) is 5.07. The van der Waals surface area contributed by atoms with Gasteiger partial charge in [0.1, 0.15) is 0 Å². The molecule has 4 atom stereocenters. The average molecular weight is 489 g/mol. The van der Waals surface area contributed by atoms with Crippen molar-refractivity contribution in [3.63, 3.8) is 0 Å². The number of nitrogens with one attached hydrogen (secondary N) is 1. The first-order valence-corrected chi connectivity index (χ1v) is 11.5. The van der Waals surface area contributed by atoms with E-state index in [1.165, 1.54) is 12.1 Å². The molecule has 174 valence electrons. The Hall–Kier alpha value is -1.51. The minimum atomic E-state index is -4.43. The van der Waals surface area contributed by atoms with Crippen LogP contribution in [0.5, 0.6) is 0 Å². The van der Waals surface area contributed by atoms with Crippen LogP contribution in [-0.2, 0) is 10.9 Å². The van der Waals surface area contributed by atoms with Gasteiger partial charge in [-0.25, -0.2) is 0 Å². The fraction of sp³-hybridized carbons (Fsp3) is 0.478. The number of ether oxygens (including phenoxy) is 1. The third-order valence-corrected chi connectivity index (χ3v) is 6.79. The second-order valence-electron chi connectivity index (χ2n) is 8.25. The molecule has 32 heavy (non-hydrogen) atoms. The first-order chi connectivity index (χ1) is 15.3. The number of nitrogens with zero attached hydrogens (tertiary/aromatic N) is 1. The predicted octanol–water partition coefficient (Wildman–Crippen LogP) is 5.76. The molecule has 0 saturated carbocycles. The van der Waals surface area contributed by atoms with Gasteiger partial charge in [0.15, 0.2) is 4.96 Å². The number of benzene rings is 2. The predicted molar refractivity (Wildman–Crippen MR) is 119 cm³/mol. The van der Waals surface area contributed by atoms with Crippen LogP contribution in [0.3, 0.4) is 0 Å². The summed E-state index contributed by atoms with van der Waals surface area (Å²) in [6.45, 7) is 0.570. The third kappa shape index (κ3) is 5.02. The summed E-state index contributed by atoms with van der Waals surface area (Å²) in [5.41, 5.74) is 1.54. The minimum absolute atomic E-state index is 0.0290. The molecule has 2 aromatic carbocycles. The first-order valence-electron chi connectivity index (χ1n) is 10.6. The highest BCUT2D eigenvalue weighted by Gasteiger charge is 2.44. The van der Waals surface area contributed by atoms with Crippen LogP contribution in [0, 0.1) is 5.92 Å². The quantitative estimate of drug-likeness (QED) is 0.400.